The van der Waals surface area contributed by atoms with E-state index in [2.05, 4.69) is 6.92 Å². The van der Waals surface area contributed by atoms with Gasteiger partial charge in [-0.25, -0.2) is 0 Å². The molecule has 0 bridgehead atoms. The summed E-state index contributed by atoms with van der Waals surface area (Å²) in [6.07, 6.45) is 0. The average molecular weight is 168 g/mol. The number of rotatable bonds is 2. The fourth-order valence-corrected chi connectivity index (χ4v) is 1.64. The van der Waals surface area contributed by atoms with Crippen LogP contribution in [0.25, 0.3) is 0 Å². The number of phenolic OH excluding ortho intramolecular Hbond substituents is 1. The van der Waals surface area contributed by atoms with Crippen molar-refractivity contribution in [3.8, 4) is 5.75 Å². The van der Waals surface area contributed by atoms with Gasteiger partial charge in [-0.1, -0.05) is 6.92 Å². The SMILES string of the molecule is CCSc1ccc(O)c(C)c1. The summed E-state index contributed by atoms with van der Waals surface area (Å²) in [5, 5.41) is 9.20. The monoisotopic (exact) mass is 168 g/mol. The molecule has 1 aromatic rings. The Labute approximate surface area is 71.4 Å². The fourth-order valence-electron chi connectivity index (χ4n) is 0.884. The summed E-state index contributed by atoms with van der Waals surface area (Å²) in [6.45, 7) is 4.03. The Morgan fingerprint density at radius 2 is 2.18 bits per heavy atom. The summed E-state index contributed by atoms with van der Waals surface area (Å²) in [6, 6.07) is 5.69. The van der Waals surface area contributed by atoms with Crippen molar-refractivity contribution in [2.75, 3.05) is 5.75 Å². The molecule has 0 atom stereocenters. The van der Waals surface area contributed by atoms with Gasteiger partial charge in [-0.2, -0.15) is 0 Å². The molecule has 1 N–H and O–H groups in total. The Bertz CT molecular complexity index is 245. The molecule has 0 saturated heterocycles. The minimum absolute atomic E-state index is 0.380. The van der Waals surface area contributed by atoms with E-state index in [1.807, 2.05) is 19.1 Å². The molecular formula is C9H12OS. The van der Waals surface area contributed by atoms with E-state index in [0.717, 1.165) is 11.3 Å². The van der Waals surface area contributed by atoms with Gasteiger partial charge >= 0.3 is 0 Å². The minimum Gasteiger partial charge on any atom is -0.508 e. The second-order valence-corrected chi connectivity index (χ2v) is 3.72. The molecule has 0 fully saturated rings. The summed E-state index contributed by atoms with van der Waals surface area (Å²) in [5.74, 6) is 1.45. The predicted molar refractivity (Wildman–Crippen MR) is 49.2 cm³/mol. The molecule has 1 nitrogen and oxygen atoms in total. The zero-order valence-corrected chi connectivity index (χ0v) is 7.61. The van der Waals surface area contributed by atoms with Gasteiger partial charge in [0.2, 0.25) is 0 Å². The van der Waals surface area contributed by atoms with Crippen molar-refractivity contribution in [1.82, 2.24) is 0 Å². The maximum atomic E-state index is 9.20. The van der Waals surface area contributed by atoms with Gasteiger partial charge in [0.15, 0.2) is 0 Å². The highest BCUT2D eigenvalue weighted by molar-refractivity contribution is 7.99. The first-order valence-electron chi connectivity index (χ1n) is 3.66. The maximum Gasteiger partial charge on any atom is 0.118 e. The largest absolute Gasteiger partial charge is 0.508 e. The van der Waals surface area contributed by atoms with Gasteiger partial charge in [-0.15, -0.1) is 11.8 Å². The van der Waals surface area contributed by atoms with Crippen molar-refractivity contribution in [2.24, 2.45) is 0 Å². The number of hydrogen-bond donors (Lipinski definition) is 1. The lowest BCUT2D eigenvalue weighted by atomic mass is 10.2. The van der Waals surface area contributed by atoms with Crippen LogP contribution in [-0.4, -0.2) is 10.9 Å². The van der Waals surface area contributed by atoms with E-state index in [9.17, 15) is 5.11 Å². The van der Waals surface area contributed by atoms with Crippen LogP contribution in [0.5, 0.6) is 5.75 Å². The molecular weight excluding hydrogens is 156 g/mol. The highest BCUT2D eigenvalue weighted by atomic mass is 32.2. The molecule has 0 amide bonds. The number of benzene rings is 1. The van der Waals surface area contributed by atoms with E-state index in [1.165, 1.54) is 4.90 Å². The third-order valence-corrected chi connectivity index (χ3v) is 2.36. The standard InChI is InChI=1S/C9H12OS/c1-3-11-8-4-5-9(10)7(2)6-8/h4-6,10H,3H2,1-2H3. The molecule has 1 aromatic carbocycles. The summed E-state index contributed by atoms with van der Waals surface area (Å²) in [5.41, 5.74) is 0.948. The van der Waals surface area contributed by atoms with Gasteiger partial charge in [0.25, 0.3) is 0 Å². The number of phenols is 1. The van der Waals surface area contributed by atoms with Gasteiger partial charge in [0.1, 0.15) is 5.75 Å². The van der Waals surface area contributed by atoms with E-state index < -0.39 is 0 Å². The molecule has 1 rings (SSSR count). The summed E-state index contributed by atoms with van der Waals surface area (Å²) < 4.78 is 0. The van der Waals surface area contributed by atoms with Crippen molar-refractivity contribution >= 4 is 11.8 Å². The van der Waals surface area contributed by atoms with Gasteiger partial charge < -0.3 is 5.11 Å². The molecule has 60 valence electrons. The fraction of sp³-hybridized carbons (Fsp3) is 0.333. The third kappa shape index (κ3) is 2.15. The van der Waals surface area contributed by atoms with Gasteiger partial charge in [-0.3, -0.25) is 0 Å². The molecule has 0 aliphatic carbocycles. The normalized spacial score (nSPS) is 10.0. The first kappa shape index (κ1) is 8.47. The molecule has 0 spiro atoms. The Hall–Kier alpha value is -0.630. The van der Waals surface area contributed by atoms with E-state index in [0.29, 0.717) is 5.75 Å². The molecule has 11 heavy (non-hydrogen) atoms. The number of aromatic hydroxyl groups is 1. The van der Waals surface area contributed by atoms with Crippen molar-refractivity contribution in [2.45, 2.75) is 18.7 Å². The minimum atomic E-state index is 0.380. The van der Waals surface area contributed by atoms with E-state index >= 15 is 0 Å². The third-order valence-electron chi connectivity index (χ3n) is 1.48. The van der Waals surface area contributed by atoms with E-state index in [4.69, 9.17) is 0 Å². The van der Waals surface area contributed by atoms with Crippen LogP contribution in [0.4, 0.5) is 0 Å². The molecule has 0 aliphatic rings. The summed E-state index contributed by atoms with van der Waals surface area (Å²) in [4.78, 5) is 1.22. The Balaban J connectivity index is 2.86. The first-order valence-corrected chi connectivity index (χ1v) is 4.65. The van der Waals surface area contributed by atoms with Crippen LogP contribution in [0.2, 0.25) is 0 Å². The number of hydrogen-bond acceptors (Lipinski definition) is 2. The van der Waals surface area contributed by atoms with Crippen LogP contribution in [0.3, 0.4) is 0 Å². The maximum absolute atomic E-state index is 9.20. The molecule has 0 aromatic heterocycles. The Kier molecular flexibility index (Phi) is 2.83. The van der Waals surface area contributed by atoms with Crippen molar-refractivity contribution < 1.29 is 5.11 Å². The van der Waals surface area contributed by atoms with Crippen LogP contribution >= 0.6 is 11.8 Å². The second kappa shape index (κ2) is 3.67. The smallest absolute Gasteiger partial charge is 0.118 e. The molecule has 2 heteroatoms. The molecule has 0 saturated carbocycles. The molecule has 0 aliphatic heterocycles. The lowest BCUT2D eigenvalue weighted by molar-refractivity contribution is 0.470. The molecule has 0 heterocycles. The first-order chi connectivity index (χ1) is 5.24. The lowest BCUT2D eigenvalue weighted by Crippen LogP contribution is -1.76. The van der Waals surface area contributed by atoms with Gasteiger partial charge in [0, 0.05) is 4.90 Å². The van der Waals surface area contributed by atoms with Crippen LogP contribution in [-0.2, 0) is 0 Å². The van der Waals surface area contributed by atoms with Crippen LogP contribution in [0.15, 0.2) is 23.1 Å². The average Bonchev–Trinajstić information content (AvgIpc) is 1.98. The quantitative estimate of drug-likeness (QED) is 0.685. The molecule has 0 radical (unpaired) electrons. The number of thioether (sulfide) groups is 1. The Morgan fingerprint density at radius 1 is 1.45 bits per heavy atom. The van der Waals surface area contributed by atoms with Crippen molar-refractivity contribution in [1.29, 1.82) is 0 Å². The highest BCUT2D eigenvalue weighted by Crippen LogP contribution is 2.23. The van der Waals surface area contributed by atoms with Gasteiger partial charge in [0.05, 0.1) is 0 Å². The van der Waals surface area contributed by atoms with Crippen LogP contribution in [0.1, 0.15) is 12.5 Å². The predicted octanol–water partition coefficient (Wildman–Crippen LogP) is 2.81. The van der Waals surface area contributed by atoms with E-state index in [-0.39, 0.29) is 0 Å². The van der Waals surface area contributed by atoms with E-state index in [1.54, 1.807) is 17.8 Å². The van der Waals surface area contributed by atoms with Crippen molar-refractivity contribution in [3.05, 3.63) is 23.8 Å². The van der Waals surface area contributed by atoms with Gasteiger partial charge in [-0.05, 0) is 36.4 Å². The highest BCUT2D eigenvalue weighted by Gasteiger charge is 1.96. The Morgan fingerprint density at radius 3 is 2.73 bits per heavy atom. The zero-order chi connectivity index (χ0) is 8.27. The summed E-state index contributed by atoms with van der Waals surface area (Å²) in [7, 11) is 0. The topological polar surface area (TPSA) is 20.2 Å². The zero-order valence-electron chi connectivity index (χ0n) is 6.79. The molecule has 0 unspecified atom stereocenters. The van der Waals surface area contributed by atoms with Crippen LogP contribution in [0, 0.1) is 6.92 Å². The summed E-state index contributed by atoms with van der Waals surface area (Å²) >= 11 is 1.79. The number of aryl methyl sites for hydroxylation is 1. The second-order valence-electron chi connectivity index (χ2n) is 2.38. The van der Waals surface area contributed by atoms with Crippen molar-refractivity contribution in [3.63, 3.8) is 0 Å². The lowest BCUT2D eigenvalue weighted by Gasteiger charge is -2.01. The van der Waals surface area contributed by atoms with Crippen LogP contribution < -0.4 is 0 Å².